The highest BCUT2D eigenvalue weighted by Gasteiger charge is 2.38. The van der Waals surface area contributed by atoms with Gasteiger partial charge >= 0.3 is 5.97 Å². The summed E-state index contributed by atoms with van der Waals surface area (Å²) in [6.07, 6.45) is 0. The van der Waals surface area contributed by atoms with Crippen LogP contribution in [0.5, 0.6) is 0 Å². The first-order valence-corrected chi connectivity index (χ1v) is 5.89. The molecule has 0 radical (unpaired) electrons. The highest BCUT2D eigenvalue weighted by Crippen LogP contribution is 2.13. The Morgan fingerprint density at radius 3 is 2.83 bits per heavy atom. The molecule has 0 spiro atoms. The summed E-state index contributed by atoms with van der Waals surface area (Å²) in [6.45, 7) is 3.26. The van der Waals surface area contributed by atoms with Crippen molar-refractivity contribution in [3.05, 3.63) is 0 Å². The van der Waals surface area contributed by atoms with E-state index in [2.05, 4.69) is 15.4 Å². The first-order chi connectivity index (χ1) is 8.42. The van der Waals surface area contributed by atoms with Crippen LogP contribution in [0.3, 0.4) is 0 Å². The van der Waals surface area contributed by atoms with Gasteiger partial charge in [-0.1, -0.05) is 0 Å². The van der Waals surface area contributed by atoms with Gasteiger partial charge in [0.25, 0.3) is 0 Å². The molecule has 0 aromatic carbocycles. The maximum atomic E-state index is 11.7. The van der Waals surface area contributed by atoms with E-state index in [1.54, 1.807) is 11.9 Å². The van der Waals surface area contributed by atoms with Gasteiger partial charge in [-0.15, -0.1) is 0 Å². The molecule has 1 rings (SSSR count). The second-order valence-electron chi connectivity index (χ2n) is 4.57. The lowest BCUT2D eigenvalue weighted by Gasteiger charge is -2.38. The van der Waals surface area contributed by atoms with Gasteiger partial charge in [0.1, 0.15) is 6.04 Å². The van der Waals surface area contributed by atoms with Crippen molar-refractivity contribution in [2.75, 3.05) is 40.3 Å². The number of esters is 1. The van der Waals surface area contributed by atoms with Crippen LogP contribution in [-0.2, 0) is 14.3 Å². The maximum Gasteiger partial charge on any atom is 0.338 e. The normalized spacial score (nSPS) is 24.1. The Kier molecular flexibility index (Phi) is 5.06. The van der Waals surface area contributed by atoms with Crippen molar-refractivity contribution in [1.82, 2.24) is 15.5 Å². The van der Waals surface area contributed by atoms with E-state index in [-0.39, 0.29) is 18.5 Å². The first-order valence-electron chi connectivity index (χ1n) is 5.89. The van der Waals surface area contributed by atoms with Gasteiger partial charge in [0.2, 0.25) is 5.91 Å². The van der Waals surface area contributed by atoms with Crippen molar-refractivity contribution in [2.24, 2.45) is 0 Å². The summed E-state index contributed by atoms with van der Waals surface area (Å²) in [6, 6.07) is -0.389. The molecule has 0 aliphatic carbocycles. The largest absolute Gasteiger partial charge is 0.467 e. The monoisotopic (exact) mass is 259 g/mol. The quantitative estimate of drug-likeness (QED) is 0.503. The van der Waals surface area contributed by atoms with E-state index in [4.69, 9.17) is 0 Å². The molecule has 1 aliphatic rings. The first kappa shape index (κ1) is 14.9. The lowest BCUT2D eigenvalue weighted by atomic mass is 10.0. The minimum atomic E-state index is -1.61. The molecular formula is C11H21N3O4. The summed E-state index contributed by atoms with van der Waals surface area (Å²) in [5.74, 6) is -0.834. The second kappa shape index (κ2) is 6.12. The number of hydrogen-bond donors (Lipinski definition) is 3. The van der Waals surface area contributed by atoms with E-state index >= 15 is 0 Å². The topological polar surface area (TPSA) is 90.9 Å². The zero-order valence-electron chi connectivity index (χ0n) is 11.0. The molecule has 3 N–H and O–H groups in total. The summed E-state index contributed by atoms with van der Waals surface area (Å²) < 4.78 is 4.55. The zero-order chi connectivity index (χ0) is 13.8. The summed E-state index contributed by atoms with van der Waals surface area (Å²) in [5.41, 5.74) is -1.61. The number of methoxy groups -OCH3 is 1. The van der Waals surface area contributed by atoms with E-state index < -0.39 is 11.6 Å². The van der Waals surface area contributed by atoms with Crippen LogP contribution in [0.4, 0.5) is 0 Å². The molecule has 18 heavy (non-hydrogen) atoms. The Balaban J connectivity index is 2.73. The number of amides is 1. The van der Waals surface area contributed by atoms with Gasteiger partial charge in [0.15, 0.2) is 5.60 Å². The maximum absolute atomic E-state index is 11.7. The van der Waals surface area contributed by atoms with E-state index in [1.165, 1.54) is 14.0 Å². The molecule has 0 saturated carbocycles. The second-order valence-corrected chi connectivity index (χ2v) is 4.57. The van der Waals surface area contributed by atoms with Gasteiger partial charge in [-0.25, -0.2) is 4.79 Å². The predicted octanol–water partition coefficient (Wildman–Crippen LogP) is -2.07. The minimum absolute atomic E-state index is 0.0689. The number of ether oxygens (including phenoxy) is 1. The number of likely N-dealkylation sites (N-methyl/N-ethyl adjacent to an activating group) is 1. The highest BCUT2D eigenvalue weighted by molar-refractivity contribution is 5.82. The molecule has 1 fully saturated rings. The third-order valence-corrected chi connectivity index (χ3v) is 3.04. The predicted molar refractivity (Wildman–Crippen MR) is 64.9 cm³/mol. The molecule has 0 aromatic heterocycles. The lowest BCUT2D eigenvalue weighted by molar-refractivity contribution is -0.163. The molecule has 2 unspecified atom stereocenters. The summed E-state index contributed by atoms with van der Waals surface area (Å²) in [4.78, 5) is 24.9. The van der Waals surface area contributed by atoms with Gasteiger partial charge in [-0.3, -0.25) is 9.69 Å². The van der Waals surface area contributed by atoms with E-state index in [1.807, 2.05) is 0 Å². The molecular weight excluding hydrogens is 238 g/mol. The Hall–Kier alpha value is -1.18. The minimum Gasteiger partial charge on any atom is -0.467 e. The fourth-order valence-corrected chi connectivity index (χ4v) is 2.04. The van der Waals surface area contributed by atoms with Crippen LogP contribution in [0.2, 0.25) is 0 Å². The van der Waals surface area contributed by atoms with E-state index in [0.29, 0.717) is 19.6 Å². The lowest BCUT2D eigenvalue weighted by Crippen LogP contribution is -2.61. The van der Waals surface area contributed by atoms with Crippen molar-refractivity contribution in [3.63, 3.8) is 0 Å². The number of hydrogen-bond acceptors (Lipinski definition) is 6. The molecule has 1 heterocycles. The number of aliphatic hydroxyl groups is 1. The highest BCUT2D eigenvalue weighted by atomic mass is 16.5. The molecule has 1 saturated heterocycles. The molecule has 0 bridgehead atoms. The Labute approximate surface area is 106 Å². The van der Waals surface area contributed by atoms with Crippen molar-refractivity contribution in [2.45, 2.75) is 18.6 Å². The fourth-order valence-electron chi connectivity index (χ4n) is 2.04. The van der Waals surface area contributed by atoms with Gasteiger partial charge in [-0.05, 0) is 6.92 Å². The summed E-state index contributed by atoms with van der Waals surface area (Å²) in [5, 5.41) is 15.7. The van der Waals surface area contributed by atoms with E-state index in [0.717, 1.165) is 0 Å². The van der Waals surface area contributed by atoms with Crippen LogP contribution in [0, 0.1) is 0 Å². The average Bonchev–Trinajstić information content (AvgIpc) is 2.37. The molecule has 1 amide bonds. The third kappa shape index (κ3) is 3.41. The van der Waals surface area contributed by atoms with Gasteiger partial charge in [-0.2, -0.15) is 0 Å². The number of carbonyl (C=O) groups is 2. The van der Waals surface area contributed by atoms with Crippen LogP contribution in [0.25, 0.3) is 0 Å². The van der Waals surface area contributed by atoms with Crippen LogP contribution in [-0.4, -0.2) is 73.9 Å². The number of β-amino-alcohol motifs (C(OH)–C–C–N with tert-alkyl or cyclic N) is 1. The smallest absolute Gasteiger partial charge is 0.338 e. The van der Waals surface area contributed by atoms with E-state index in [9.17, 15) is 14.7 Å². The number of nitrogens with zero attached hydrogens (tertiary/aromatic N) is 1. The molecule has 2 atom stereocenters. The molecule has 104 valence electrons. The number of carbonyl (C=O) groups excluding carboxylic acids is 2. The fraction of sp³-hybridized carbons (Fsp3) is 0.818. The standard InChI is InChI=1S/C11H21N3O4/c1-11(17,10(16)18-3)7-14-5-4-13-6-8(14)9(15)12-2/h8,13,17H,4-7H2,1-3H3,(H,12,15). The van der Waals surface area contributed by atoms with Gasteiger partial charge in [0, 0.05) is 33.2 Å². The van der Waals surface area contributed by atoms with Crippen LogP contribution < -0.4 is 10.6 Å². The average molecular weight is 259 g/mol. The number of piperazine rings is 1. The van der Waals surface area contributed by atoms with Crippen LogP contribution in [0.15, 0.2) is 0 Å². The van der Waals surface area contributed by atoms with Crippen molar-refractivity contribution < 1.29 is 19.4 Å². The van der Waals surface area contributed by atoms with Crippen molar-refractivity contribution in [1.29, 1.82) is 0 Å². The van der Waals surface area contributed by atoms with Crippen LogP contribution in [0.1, 0.15) is 6.92 Å². The number of rotatable bonds is 4. The summed E-state index contributed by atoms with van der Waals surface area (Å²) >= 11 is 0. The van der Waals surface area contributed by atoms with Crippen LogP contribution >= 0.6 is 0 Å². The third-order valence-electron chi connectivity index (χ3n) is 3.04. The van der Waals surface area contributed by atoms with Crippen molar-refractivity contribution in [3.8, 4) is 0 Å². The number of nitrogens with one attached hydrogen (secondary N) is 2. The Morgan fingerprint density at radius 2 is 2.28 bits per heavy atom. The van der Waals surface area contributed by atoms with Gasteiger partial charge < -0.3 is 20.5 Å². The molecule has 7 heteroatoms. The molecule has 7 nitrogen and oxygen atoms in total. The van der Waals surface area contributed by atoms with Crippen molar-refractivity contribution >= 4 is 11.9 Å². The molecule has 0 aromatic rings. The molecule has 1 aliphatic heterocycles. The SMILES string of the molecule is CNC(=O)C1CNCCN1CC(C)(O)C(=O)OC. The Morgan fingerprint density at radius 1 is 1.61 bits per heavy atom. The Bertz CT molecular complexity index is 319. The summed E-state index contributed by atoms with van der Waals surface area (Å²) in [7, 11) is 2.79. The van der Waals surface area contributed by atoms with Gasteiger partial charge in [0.05, 0.1) is 7.11 Å². The zero-order valence-corrected chi connectivity index (χ0v) is 11.0.